The van der Waals surface area contributed by atoms with Crippen LogP contribution in [0, 0.1) is 5.82 Å². The van der Waals surface area contributed by atoms with Gasteiger partial charge in [-0.05, 0) is 48.6 Å². The second-order valence-electron chi connectivity index (χ2n) is 6.45. The molecule has 0 radical (unpaired) electrons. The summed E-state index contributed by atoms with van der Waals surface area (Å²) in [5.74, 6) is -0.104. The van der Waals surface area contributed by atoms with Crippen molar-refractivity contribution in [3.63, 3.8) is 0 Å². The number of carbonyl (C=O) groups excluding carboxylic acids is 1. The number of piperidine rings is 1. The van der Waals surface area contributed by atoms with Gasteiger partial charge in [0, 0.05) is 24.1 Å². The molecule has 1 saturated heterocycles. The van der Waals surface area contributed by atoms with Crippen LogP contribution >= 0.6 is 0 Å². The summed E-state index contributed by atoms with van der Waals surface area (Å²) in [6.07, 6.45) is 3.03. The number of carbonyl (C=O) groups is 1. The molecule has 0 spiro atoms. The minimum Gasteiger partial charge on any atom is -0.396 e. The Bertz CT molecular complexity index is 774. The molecule has 4 heteroatoms. The summed E-state index contributed by atoms with van der Waals surface area (Å²) in [6, 6.07) is 12.9. The highest BCUT2D eigenvalue weighted by atomic mass is 19.1. The zero-order valence-corrected chi connectivity index (χ0v) is 12.8. The SMILES string of the molecule is Nc1cc(C(=O)N2CCCC3c4ccccc4CC32)ccc1F. The lowest BCUT2D eigenvalue weighted by Crippen LogP contribution is -2.46. The zero-order chi connectivity index (χ0) is 16.0. The molecule has 1 amide bonds. The van der Waals surface area contributed by atoms with Crippen LogP contribution < -0.4 is 5.73 Å². The van der Waals surface area contributed by atoms with E-state index in [0.717, 1.165) is 25.8 Å². The third-order valence-corrected chi connectivity index (χ3v) is 5.17. The molecule has 2 aromatic carbocycles. The van der Waals surface area contributed by atoms with Crippen LogP contribution in [0.1, 0.15) is 40.2 Å². The Morgan fingerprint density at radius 2 is 2.04 bits per heavy atom. The highest BCUT2D eigenvalue weighted by Gasteiger charge is 2.40. The quantitative estimate of drug-likeness (QED) is 0.821. The largest absolute Gasteiger partial charge is 0.396 e. The summed E-state index contributed by atoms with van der Waals surface area (Å²) in [5.41, 5.74) is 8.85. The molecule has 2 aliphatic rings. The second kappa shape index (κ2) is 5.37. The van der Waals surface area contributed by atoms with Gasteiger partial charge in [-0.2, -0.15) is 0 Å². The maximum absolute atomic E-state index is 13.3. The molecule has 0 bridgehead atoms. The van der Waals surface area contributed by atoms with Crippen molar-refractivity contribution >= 4 is 11.6 Å². The number of nitrogen functional groups attached to an aromatic ring is 1. The molecule has 1 aliphatic carbocycles. The number of rotatable bonds is 1. The summed E-state index contributed by atoms with van der Waals surface area (Å²) in [4.78, 5) is 14.9. The number of likely N-dealkylation sites (tertiary alicyclic amines) is 1. The van der Waals surface area contributed by atoms with Gasteiger partial charge >= 0.3 is 0 Å². The predicted octanol–water partition coefficient (Wildman–Crippen LogP) is 3.35. The maximum atomic E-state index is 13.3. The first-order chi connectivity index (χ1) is 11.1. The smallest absolute Gasteiger partial charge is 0.254 e. The van der Waals surface area contributed by atoms with Gasteiger partial charge in [-0.15, -0.1) is 0 Å². The average molecular weight is 310 g/mol. The summed E-state index contributed by atoms with van der Waals surface area (Å²) in [6.45, 7) is 0.755. The van der Waals surface area contributed by atoms with Crippen molar-refractivity contribution in [3.05, 3.63) is 65.0 Å². The van der Waals surface area contributed by atoms with E-state index in [1.54, 1.807) is 0 Å². The van der Waals surface area contributed by atoms with Gasteiger partial charge < -0.3 is 10.6 Å². The fraction of sp³-hybridized carbons (Fsp3) is 0.316. The minimum atomic E-state index is -0.480. The molecule has 1 aliphatic heterocycles. The van der Waals surface area contributed by atoms with E-state index in [4.69, 9.17) is 5.73 Å². The van der Waals surface area contributed by atoms with E-state index < -0.39 is 5.82 Å². The number of anilines is 1. The molecule has 1 heterocycles. The molecule has 2 unspecified atom stereocenters. The first-order valence-corrected chi connectivity index (χ1v) is 8.09. The maximum Gasteiger partial charge on any atom is 0.254 e. The molecule has 23 heavy (non-hydrogen) atoms. The number of benzene rings is 2. The Labute approximate surface area is 134 Å². The van der Waals surface area contributed by atoms with Crippen molar-refractivity contribution in [3.8, 4) is 0 Å². The fourth-order valence-corrected chi connectivity index (χ4v) is 4.07. The van der Waals surface area contributed by atoms with Gasteiger partial charge in [0.15, 0.2) is 0 Å². The van der Waals surface area contributed by atoms with Gasteiger partial charge in [0.2, 0.25) is 0 Å². The first-order valence-electron chi connectivity index (χ1n) is 8.09. The van der Waals surface area contributed by atoms with Crippen LogP contribution in [-0.4, -0.2) is 23.4 Å². The van der Waals surface area contributed by atoms with Crippen LogP contribution in [0.5, 0.6) is 0 Å². The molecule has 2 N–H and O–H groups in total. The fourth-order valence-electron chi connectivity index (χ4n) is 4.07. The Balaban J connectivity index is 1.65. The van der Waals surface area contributed by atoms with E-state index in [2.05, 4.69) is 24.3 Å². The van der Waals surface area contributed by atoms with E-state index in [0.29, 0.717) is 11.5 Å². The van der Waals surface area contributed by atoms with Crippen LogP contribution in [0.2, 0.25) is 0 Å². The minimum absolute atomic E-state index is 0.0270. The Hall–Kier alpha value is -2.36. The van der Waals surface area contributed by atoms with E-state index in [1.165, 1.54) is 29.3 Å². The Kier molecular flexibility index (Phi) is 3.33. The normalized spacial score (nSPS) is 22.6. The number of hydrogen-bond acceptors (Lipinski definition) is 2. The van der Waals surface area contributed by atoms with Crippen molar-refractivity contribution in [2.24, 2.45) is 0 Å². The number of hydrogen-bond donors (Lipinski definition) is 1. The summed E-state index contributed by atoms with van der Waals surface area (Å²) in [5, 5.41) is 0. The monoisotopic (exact) mass is 310 g/mol. The van der Waals surface area contributed by atoms with Gasteiger partial charge in [0.25, 0.3) is 5.91 Å². The molecular weight excluding hydrogens is 291 g/mol. The zero-order valence-electron chi connectivity index (χ0n) is 12.8. The first kappa shape index (κ1) is 14.2. The van der Waals surface area contributed by atoms with Crippen LogP contribution in [0.15, 0.2) is 42.5 Å². The van der Waals surface area contributed by atoms with Crippen molar-refractivity contribution in [2.75, 3.05) is 12.3 Å². The van der Waals surface area contributed by atoms with Crippen molar-refractivity contribution < 1.29 is 9.18 Å². The number of amides is 1. The van der Waals surface area contributed by atoms with E-state index >= 15 is 0 Å². The molecule has 118 valence electrons. The summed E-state index contributed by atoms with van der Waals surface area (Å²) >= 11 is 0. The third-order valence-electron chi connectivity index (χ3n) is 5.17. The predicted molar refractivity (Wildman–Crippen MR) is 87.8 cm³/mol. The lowest BCUT2D eigenvalue weighted by Gasteiger charge is -2.38. The average Bonchev–Trinajstić information content (AvgIpc) is 2.95. The molecule has 3 nitrogen and oxygen atoms in total. The standard InChI is InChI=1S/C19H19FN2O/c20-16-8-7-13(10-17(16)21)19(23)22-9-3-6-15-14-5-2-1-4-12(14)11-18(15)22/h1-2,4-5,7-8,10,15,18H,3,6,9,11,21H2. The highest BCUT2D eigenvalue weighted by molar-refractivity contribution is 5.95. The molecule has 0 saturated carbocycles. The molecule has 4 rings (SSSR count). The van der Waals surface area contributed by atoms with Gasteiger partial charge in [-0.1, -0.05) is 24.3 Å². The number of halogens is 1. The number of nitrogens with two attached hydrogens (primary N) is 1. The van der Waals surface area contributed by atoms with Crippen LogP contribution in [-0.2, 0) is 6.42 Å². The molecule has 2 atom stereocenters. The Morgan fingerprint density at radius 3 is 2.87 bits per heavy atom. The van der Waals surface area contributed by atoms with Crippen LogP contribution in [0.25, 0.3) is 0 Å². The summed E-state index contributed by atoms with van der Waals surface area (Å²) in [7, 11) is 0. The molecular formula is C19H19FN2O. The highest BCUT2D eigenvalue weighted by Crippen LogP contribution is 2.42. The van der Waals surface area contributed by atoms with Crippen LogP contribution in [0.3, 0.4) is 0 Å². The van der Waals surface area contributed by atoms with Crippen LogP contribution in [0.4, 0.5) is 10.1 Å². The topological polar surface area (TPSA) is 46.3 Å². The van der Waals surface area contributed by atoms with Gasteiger partial charge in [0.1, 0.15) is 5.82 Å². The van der Waals surface area contributed by atoms with Gasteiger partial charge in [0.05, 0.1) is 5.69 Å². The Morgan fingerprint density at radius 1 is 1.22 bits per heavy atom. The van der Waals surface area contributed by atoms with E-state index in [9.17, 15) is 9.18 Å². The number of fused-ring (bicyclic) bond motifs is 3. The van der Waals surface area contributed by atoms with E-state index in [-0.39, 0.29) is 17.6 Å². The van der Waals surface area contributed by atoms with Gasteiger partial charge in [-0.25, -0.2) is 4.39 Å². The number of nitrogens with zero attached hydrogens (tertiary/aromatic N) is 1. The second-order valence-corrected chi connectivity index (χ2v) is 6.45. The lowest BCUT2D eigenvalue weighted by atomic mass is 9.88. The van der Waals surface area contributed by atoms with Crippen molar-refractivity contribution in [1.29, 1.82) is 0 Å². The lowest BCUT2D eigenvalue weighted by molar-refractivity contribution is 0.0595. The van der Waals surface area contributed by atoms with Crippen molar-refractivity contribution in [2.45, 2.75) is 31.2 Å². The van der Waals surface area contributed by atoms with E-state index in [1.807, 2.05) is 4.90 Å². The van der Waals surface area contributed by atoms with Crippen molar-refractivity contribution in [1.82, 2.24) is 4.90 Å². The third kappa shape index (κ3) is 2.29. The van der Waals surface area contributed by atoms with Gasteiger partial charge in [-0.3, -0.25) is 4.79 Å². The molecule has 1 fully saturated rings. The summed E-state index contributed by atoms with van der Waals surface area (Å²) < 4.78 is 13.3. The molecule has 0 aromatic heterocycles. The molecule has 2 aromatic rings.